The lowest BCUT2D eigenvalue weighted by Gasteiger charge is -2.12. The number of esters is 1. The molecule has 0 saturated heterocycles. The molecule has 0 aromatic rings. The van der Waals surface area contributed by atoms with Crippen molar-refractivity contribution < 1.29 is 13.7 Å². The van der Waals surface area contributed by atoms with Gasteiger partial charge in [0.15, 0.2) is 0 Å². The van der Waals surface area contributed by atoms with E-state index in [1.807, 2.05) is 0 Å². The van der Waals surface area contributed by atoms with Crippen LogP contribution in [-0.4, -0.2) is 28.2 Å². The van der Waals surface area contributed by atoms with Gasteiger partial charge in [-0.25, -0.2) is 9.00 Å². The molecule has 0 fully saturated rings. The summed E-state index contributed by atoms with van der Waals surface area (Å²) >= 11 is 0. The van der Waals surface area contributed by atoms with Crippen LogP contribution >= 0.6 is 0 Å². The van der Waals surface area contributed by atoms with E-state index in [4.69, 9.17) is 0 Å². The second-order valence-corrected chi connectivity index (χ2v) is 5.05. The molecule has 0 radical (unpaired) electrons. The van der Waals surface area contributed by atoms with Gasteiger partial charge in [-0.15, -0.1) is 0 Å². The Bertz CT molecular complexity index is 217. The van der Waals surface area contributed by atoms with Crippen LogP contribution in [0.15, 0.2) is 4.40 Å². The third-order valence-corrected chi connectivity index (χ3v) is 2.32. The molecule has 0 aliphatic rings. The summed E-state index contributed by atoms with van der Waals surface area (Å²) in [4.78, 5) is 10.5. The lowest BCUT2D eigenvalue weighted by Crippen LogP contribution is -2.20. The van der Waals surface area contributed by atoms with Crippen molar-refractivity contribution in [2.24, 2.45) is 4.40 Å². The molecule has 0 rings (SSSR count). The Labute approximate surface area is 74.6 Å². The van der Waals surface area contributed by atoms with E-state index < -0.39 is 21.7 Å². The number of carbonyl (C=O) groups is 1. The van der Waals surface area contributed by atoms with E-state index in [0.717, 1.165) is 6.21 Å². The molecule has 0 aromatic heterocycles. The zero-order chi connectivity index (χ0) is 9.78. The maximum atomic E-state index is 11.2. The Hall–Kier alpha value is -0.710. The summed E-state index contributed by atoms with van der Waals surface area (Å²) in [6, 6.07) is 0. The molecule has 1 unspecified atom stereocenters. The van der Waals surface area contributed by atoms with Crippen LogP contribution < -0.4 is 0 Å². The average Bonchev–Trinajstić information content (AvgIpc) is 1.97. The van der Waals surface area contributed by atoms with Gasteiger partial charge < -0.3 is 4.74 Å². The Morgan fingerprint density at radius 3 is 2.33 bits per heavy atom. The molecule has 0 aliphatic carbocycles. The Morgan fingerprint density at radius 1 is 1.50 bits per heavy atom. The van der Waals surface area contributed by atoms with E-state index in [1.54, 1.807) is 20.8 Å². The lowest BCUT2D eigenvalue weighted by atomic mass is 10.3. The molecular formula is C7H13NO3S. The van der Waals surface area contributed by atoms with E-state index in [2.05, 4.69) is 9.13 Å². The fraction of sp³-hybridized carbons (Fsp3) is 0.714. The molecule has 4 nitrogen and oxygen atoms in total. The standard InChI is InChI=1S/C7H13NO3S/c1-7(2,3)12(10)8-5-6(9)11-4/h5H,1-4H3. The van der Waals surface area contributed by atoms with E-state index >= 15 is 0 Å². The molecule has 5 heteroatoms. The summed E-state index contributed by atoms with van der Waals surface area (Å²) in [5, 5.41) is 0. The first-order chi connectivity index (χ1) is 5.38. The first-order valence-electron chi connectivity index (χ1n) is 3.42. The van der Waals surface area contributed by atoms with Crippen molar-refractivity contribution >= 4 is 23.2 Å². The second kappa shape index (κ2) is 4.35. The van der Waals surface area contributed by atoms with Gasteiger partial charge >= 0.3 is 5.97 Å². The lowest BCUT2D eigenvalue weighted by molar-refractivity contribution is -0.132. The number of nitrogens with zero attached hydrogens (tertiary/aromatic N) is 1. The highest BCUT2D eigenvalue weighted by Crippen LogP contribution is 2.11. The number of ether oxygens (including phenoxy) is 1. The SMILES string of the molecule is COC(=O)C=NS(=O)C(C)(C)C. The highest BCUT2D eigenvalue weighted by Gasteiger charge is 2.18. The highest BCUT2D eigenvalue weighted by molar-refractivity contribution is 7.85. The fourth-order valence-corrected chi connectivity index (χ4v) is 0.800. The summed E-state index contributed by atoms with van der Waals surface area (Å²) in [6.07, 6.45) is 0.932. The number of hydrogen-bond acceptors (Lipinski definition) is 3. The molecule has 0 aliphatic heterocycles. The molecule has 0 bridgehead atoms. The third-order valence-electron chi connectivity index (χ3n) is 0.979. The molecule has 1 atom stereocenters. The van der Waals surface area contributed by atoms with Crippen molar-refractivity contribution in [1.82, 2.24) is 0 Å². The van der Waals surface area contributed by atoms with Crippen LogP contribution in [0.2, 0.25) is 0 Å². The van der Waals surface area contributed by atoms with Crippen LogP contribution in [0.5, 0.6) is 0 Å². The smallest absolute Gasteiger partial charge is 0.349 e. The average molecular weight is 191 g/mol. The quantitative estimate of drug-likeness (QED) is 0.476. The van der Waals surface area contributed by atoms with Crippen molar-refractivity contribution in [2.45, 2.75) is 25.5 Å². The van der Waals surface area contributed by atoms with Gasteiger partial charge in [0, 0.05) is 0 Å². The minimum absolute atomic E-state index is 0.440. The van der Waals surface area contributed by atoms with E-state index in [1.165, 1.54) is 7.11 Å². The number of carbonyl (C=O) groups excluding carboxylic acids is 1. The van der Waals surface area contributed by atoms with Crippen molar-refractivity contribution in [2.75, 3.05) is 7.11 Å². The minimum Gasteiger partial charge on any atom is -0.465 e. The number of hydrogen-bond donors (Lipinski definition) is 0. The first kappa shape index (κ1) is 11.3. The Kier molecular flexibility index (Phi) is 4.09. The molecule has 70 valence electrons. The Morgan fingerprint density at radius 2 is 2.00 bits per heavy atom. The monoisotopic (exact) mass is 191 g/mol. The molecule has 0 spiro atoms. The fourth-order valence-electron chi connectivity index (χ4n) is 0.302. The largest absolute Gasteiger partial charge is 0.465 e. The molecule has 0 N–H and O–H groups in total. The van der Waals surface area contributed by atoms with Crippen LogP contribution in [-0.2, 0) is 20.5 Å². The summed E-state index contributed by atoms with van der Waals surface area (Å²) in [5.74, 6) is -0.590. The molecule has 12 heavy (non-hydrogen) atoms. The van der Waals surface area contributed by atoms with Gasteiger partial charge in [-0.1, -0.05) is 0 Å². The molecular weight excluding hydrogens is 178 g/mol. The van der Waals surface area contributed by atoms with E-state index in [9.17, 15) is 9.00 Å². The van der Waals surface area contributed by atoms with E-state index in [-0.39, 0.29) is 0 Å². The van der Waals surface area contributed by atoms with Gasteiger partial charge in [-0.2, -0.15) is 4.40 Å². The van der Waals surface area contributed by atoms with Gasteiger partial charge in [0.1, 0.15) is 17.2 Å². The van der Waals surface area contributed by atoms with Crippen molar-refractivity contribution in [3.05, 3.63) is 0 Å². The van der Waals surface area contributed by atoms with Crippen LogP contribution in [0.1, 0.15) is 20.8 Å². The zero-order valence-corrected chi connectivity index (χ0v) is 8.47. The van der Waals surface area contributed by atoms with Crippen molar-refractivity contribution in [3.8, 4) is 0 Å². The maximum absolute atomic E-state index is 11.2. The van der Waals surface area contributed by atoms with Crippen LogP contribution in [0.4, 0.5) is 0 Å². The van der Waals surface area contributed by atoms with Crippen LogP contribution in [0.3, 0.4) is 0 Å². The third kappa shape index (κ3) is 4.23. The number of methoxy groups -OCH3 is 1. The van der Waals surface area contributed by atoms with Gasteiger partial charge in [0.25, 0.3) is 0 Å². The van der Waals surface area contributed by atoms with Crippen molar-refractivity contribution in [1.29, 1.82) is 0 Å². The topological polar surface area (TPSA) is 55.7 Å². The predicted molar refractivity (Wildman–Crippen MR) is 48.4 cm³/mol. The second-order valence-electron chi connectivity index (χ2n) is 3.12. The van der Waals surface area contributed by atoms with Crippen molar-refractivity contribution in [3.63, 3.8) is 0 Å². The van der Waals surface area contributed by atoms with Gasteiger partial charge in [-0.05, 0) is 20.8 Å². The number of rotatable bonds is 2. The van der Waals surface area contributed by atoms with E-state index in [0.29, 0.717) is 0 Å². The van der Waals surface area contributed by atoms with Gasteiger partial charge in [-0.3, -0.25) is 0 Å². The predicted octanol–water partition coefficient (Wildman–Crippen LogP) is 0.692. The normalized spacial score (nSPS) is 14.7. The van der Waals surface area contributed by atoms with Crippen LogP contribution in [0.25, 0.3) is 0 Å². The zero-order valence-electron chi connectivity index (χ0n) is 7.66. The van der Waals surface area contributed by atoms with Gasteiger partial charge in [0.05, 0.1) is 11.9 Å². The highest BCUT2D eigenvalue weighted by atomic mass is 32.2. The molecule has 0 saturated carbocycles. The summed E-state index contributed by atoms with van der Waals surface area (Å²) in [7, 11) is -0.146. The minimum atomic E-state index is -1.39. The molecule has 0 heterocycles. The molecule has 0 aromatic carbocycles. The maximum Gasteiger partial charge on any atom is 0.349 e. The molecule has 0 amide bonds. The Balaban J connectivity index is 4.19. The van der Waals surface area contributed by atoms with Crippen LogP contribution in [0, 0.1) is 0 Å². The summed E-state index contributed by atoms with van der Waals surface area (Å²) < 4.78 is 18.6. The van der Waals surface area contributed by atoms with Gasteiger partial charge in [0.2, 0.25) is 0 Å². The summed E-state index contributed by atoms with van der Waals surface area (Å²) in [5.41, 5.74) is 0. The first-order valence-corrected chi connectivity index (χ1v) is 4.52. The summed E-state index contributed by atoms with van der Waals surface area (Å²) in [6.45, 7) is 5.33.